The molecular weight excluding hydrogens is 222 g/mol. The molecule has 0 aromatic carbocycles. The molecule has 1 N–H and O–H groups in total. The van der Waals surface area contributed by atoms with Crippen molar-refractivity contribution >= 4 is 0 Å². The van der Waals surface area contributed by atoms with Crippen LogP contribution in [0.5, 0.6) is 0 Å². The third kappa shape index (κ3) is 5.71. The molecule has 0 spiro atoms. The molecule has 0 saturated heterocycles. The number of nitrogens with one attached hydrogen (secondary N) is 1. The molecule has 1 rings (SSSR count). The van der Waals surface area contributed by atoms with Gasteiger partial charge in [-0.05, 0) is 50.5 Å². The summed E-state index contributed by atoms with van der Waals surface area (Å²) in [6.45, 7) is 11.3. The SMILES string of the molecule is CCCNC(CCC)COC1CCC(C)C(C)C1. The van der Waals surface area contributed by atoms with E-state index in [9.17, 15) is 0 Å². The summed E-state index contributed by atoms with van der Waals surface area (Å²) in [4.78, 5) is 0. The van der Waals surface area contributed by atoms with E-state index in [1.165, 1.54) is 38.5 Å². The van der Waals surface area contributed by atoms with Crippen LogP contribution in [0.3, 0.4) is 0 Å². The van der Waals surface area contributed by atoms with Crippen LogP contribution in [-0.2, 0) is 4.74 Å². The Morgan fingerprint density at radius 3 is 2.50 bits per heavy atom. The van der Waals surface area contributed by atoms with Crippen molar-refractivity contribution in [3.63, 3.8) is 0 Å². The minimum absolute atomic E-state index is 0.513. The van der Waals surface area contributed by atoms with Crippen molar-refractivity contribution in [2.75, 3.05) is 13.2 Å². The smallest absolute Gasteiger partial charge is 0.0623 e. The first kappa shape index (κ1) is 16.0. The van der Waals surface area contributed by atoms with Gasteiger partial charge in [-0.3, -0.25) is 0 Å². The number of hydrogen-bond donors (Lipinski definition) is 1. The monoisotopic (exact) mass is 255 g/mol. The average molecular weight is 255 g/mol. The first-order valence-corrected chi connectivity index (χ1v) is 8.02. The van der Waals surface area contributed by atoms with Gasteiger partial charge in [-0.15, -0.1) is 0 Å². The fourth-order valence-electron chi connectivity index (χ4n) is 2.84. The molecule has 108 valence electrons. The van der Waals surface area contributed by atoms with Gasteiger partial charge in [0.15, 0.2) is 0 Å². The lowest BCUT2D eigenvalue weighted by Crippen LogP contribution is -2.37. The van der Waals surface area contributed by atoms with E-state index in [2.05, 4.69) is 33.0 Å². The highest BCUT2D eigenvalue weighted by Crippen LogP contribution is 2.30. The van der Waals surface area contributed by atoms with Crippen LogP contribution in [0.25, 0.3) is 0 Å². The molecule has 2 heteroatoms. The summed E-state index contributed by atoms with van der Waals surface area (Å²) in [6, 6.07) is 0.560. The van der Waals surface area contributed by atoms with Gasteiger partial charge in [0.05, 0.1) is 12.7 Å². The van der Waals surface area contributed by atoms with Gasteiger partial charge in [0.2, 0.25) is 0 Å². The maximum absolute atomic E-state index is 6.15. The summed E-state index contributed by atoms with van der Waals surface area (Å²) in [5.41, 5.74) is 0. The molecule has 4 atom stereocenters. The van der Waals surface area contributed by atoms with Gasteiger partial charge >= 0.3 is 0 Å². The van der Waals surface area contributed by atoms with Crippen LogP contribution < -0.4 is 5.32 Å². The number of ether oxygens (including phenoxy) is 1. The number of hydrogen-bond acceptors (Lipinski definition) is 2. The Balaban J connectivity index is 2.24. The maximum Gasteiger partial charge on any atom is 0.0623 e. The second kappa shape index (κ2) is 8.92. The zero-order valence-corrected chi connectivity index (χ0v) is 12.9. The van der Waals surface area contributed by atoms with Gasteiger partial charge in [-0.2, -0.15) is 0 Å². The summed E-state index contributed by atoms with van der Waals surface area (Å²) >= 11 is 0. The molecule has 0 radical (unpaired) electrons. The van der Waals surface area contributed by atoms with E-state index < -0.39 is 0 Å². The lowest BCUT2D eigenvalue weighted by atomic mass is 9.80. The van der Waals surface area contributed by atoms with E-state index in [1.54, 1.807) is 0 Å². The summed E-state index contributed by atoms with van der Waals surface area (Å²) in [5, 5.41) is 3.60. The fraction of sp³-hybridized carbons (Fsp3) is 1.00. The Morgan fingerprint density at radius 1 is 1.11 bits per heavy atom. The Morgan fingerprint density at radius 2 is 1.89 bits per heavy atom. The van der Waals surface area contributed by atoms with Crippen molar-refractivity contribution in [2.24, 2.45) is 11.8 Å². The van der Waals surface area contributed by atoms with Gasteiger partial charge in [0.25, 0.3) is 0 Å². The van der Waals surface area contributed by atoms with E-state index >= 15 is 0 Å². The molecule has 1 aliphatic carbocycles. The molecule has 0 aromatic rings. The largest absolute Gasteiger partial charge is 0.377 e. The highest BCUT2D eigenvalue weighted by molar-refractivity contribution is 4.76. The first-order valence-electron chi connectivity index (χ1n) is 8.02. The molecule has 0 aromatic heterocycles. The second-order valence-corrected chi connectivity index (χ2v) is 6.16. The topological polar surface area (TPSA) is 21.3 Å². The lowest BCUT2D eigenvalue weighted by Gasteiger charge is -2.33. The van der Waals surface area contributed by atoms with E-state index in [1.807, 2.05) is 0 Å². The Labute approximate surface area is 114 Å². The van der Waals surface area contributed by atoms with Gasteiger partial charge < -0.3 is 10.1 Å². The molecule has 1 fully saturated rings. The third-order valence-corrected chi connectivity index (χ3v) is 4.40. The zero-order chi connectivity index (χ0) is 13.4. The molecule has 18 heavy (non-hydrogen) atoms. The van der Waals surface area contributed by atoms with E-state index in [-0.39, 0.29) is 0 Å². The van der Waals surface area contributed by atoms with Gasteiger partial charge in [0.1, 0.15) is 0 Å². The average Bonchev–Trinajstić information content (AvgIpc) is 2.37. The zero-order valence-electron chi connectivity index (χ0n) is 12.9. The Hall–Kier alpha value is -0.0800. The van der Waals surface area contributed by atoms with Crippen LogP contribution >= 0.6 is 0 Å². The molecule has 0 bridgehead atoms. The van der Waals surface area contributed by atoms with Crippen molar-refractivity contribution in [3.8, 4) is 0 Å². The predicted molar refractivity (Wildman–Crippen MR) is 78.9 cm³/mol. The van der Waals surface area contributed by atoms with E-state index in [0.717, 1.165) is 25.0 Å². The van der Waals surface area contributed by atoms with Gasteiger partial charge in [-0.1, -0.05) is 34.1 Å². The summed E-state index contributed by atoms with van der Waals surface area (Å²) in [7, 11) is 0. The molecule has 1 saturated carbocycles. The van der Waals surface area contributed by atoms with Crippen molar-refractivity contribution in [2.45, 2.75) is 78.4 Å². The quantitative estimate of drug-likeness (QED) is 0.708. The van der Waals surface area contributed by atoms with Crippen LogP contribution in [0, 0.1) is 11.8 Å². The molecule has 4 unspecified atom stereocenters. The van der Waals surface area contributed by atoms with Crippen molar-refractivity contribution in [1.82, 2.24) is 5.32 Å². The standard InChI is InChI=1S/C16H33NO/c1-5-7-15(17-10-6-2)12-18-16-9-8-13(3)14(4)11-16/h13-17H,5-12H2,1-4H3. The minimum Gasteiger partial charge on any atom is -0.377 e. The van der Waals surface area contributed by atoms with Crippen LogP contribution in [0.1, 0.15) is 66.2 Å². The van der Waals surface area contributed by atoms with Crippen LogP contribution in [0.4, 0.5) is 0 Å². The molecular formula is C16H33NO. The predicted octanol–water partition coefficient (Wildman–Crippen LogP) is 4.00. The highest BCUT2D eigenvalue weighted by Gasteiger charge is 2.25. The van der Waals surface area contributed by atoms with Gasteiger partial charge in [0, 0.05) is 6.04 Å². The molecule has 2 nitrogen and oxygen atoms in total. The lowest BCUT2D eigenvalue weighted by molar-refractivity contribution is -0.00819. The van der Waals surface area contributed by atoms with Crippen molar-refractivity contribution < 1.29 is 4.74 Å². The first-order chi connectivity index (χ1) is 8.67. The maximum atomic E-state index is 6.15. The fourth-order valence-corrected chi connectivity index (χ4v) is 2.84. The van der Waals surface area contributed by atoms with E-state index in [4.69, 9.17) is 4.74 Å². The van der Waals surface area contributed by atoms with Gasteiger partial charge in [-0.25, -0.2) is 0 Å². The van der Waals surface area contributed by atoms with E-state index in [0.29, 0.717) is 12.1 Å². The third-order valence-electron chi connectivity index (χ3n) is 4.40. The number of rotatable bonds is 8. The summed E-state index contributed by atoms with van der Waals surface area (Å²) in [6.07, 6.45) is 8.05. The van der Waals surface area contributed by atoms with Crippen LogP contribution in [0.2, 0.25) is 0 Å². The molecule has 0 amide bonds. The van der Waals surface area contributed by atoms with Crippen molar-refractivity contribution in [3.05, 3.63) is 0 Å². The van der Waals surface area contributed by atoms with Crippen LogP contribution in [-0.4, -0.2) is 25.3 Å². The Bertz CT molecular complexity index is 203. The van der Waals surface area contributed by atoms with Crippen molar-refractivity contribution in [1.29, 1.82) is 0 Å². The molecule has 1 aliphatic rings. The second-order valence-electron chi connectivity index (χ2n) is 6.16. The normalized spacial score (nSPS) is 30.3. The molecule has 0 heterocycles. The highest BCUT2D eigenvalue weighted by atomic mass is 16.5. The summed E-state index contributed by atoms with van der Waals surface area (Å²) < 4.78 is 6.15. The molecule has 0 aliphatic heterocycles. The minimum atomic E-state index is 0.513. The summed E-state index contributed by atoms with van der Waals surface area (Å²) in [5.74, 6) is 1.71. The van der Waals surface area contributed by atoms with Crippen LogP contribution in [0.15, 0.2) is 0 Å². The Kier molecular flexibility index (Phi) is 7.92.